The van der Waals surface area contributed by atoms with Gasteiger partial charge < -0.3 is 15.0 Å². The lowest BCUT2D eigenvalue weighted by Crippen LogP contribution is -2.39. The van der Waals surface area contributed by atoms with Crippen LogP contribution < -0.4 is 5.32 Å². The van der Waals surface area contributed by atoms with Gasteiger partial charge in [0, 0.05) is 19.6 Å². The van der Waals surface area contributed by atoms with E-state index in [1.54, 1.807) is 0 Å². The average Bonchev–Trinajstić information content (AvgIpc) is 2.52. The highest BCUT2D eigenvalue weighted by Gasteiger charge is 2.37. The summed E-state index contributed by atoms with van der Waals surface area (Å²) in [6.45, 7) is 2.96. The van der Waals surface area contributed by atoms with E-state index in [-0.39, 0.29) is 5.91 Å². The van der Waals surface area contributed by atoms with Crippen molar-refractivity contribution in [2.75, 3.05) is 32.8 Å². The first-order valence-electron chi connectivity index (χ1n) is 5.58. The highest BCUT2D eigenvalue weighted by Crippen LogP contribution is 2.22. The Morgan fingerprint density at radius 2 is 2.12 bits per heavy atom. The molecule has 0 aromatic carbocycles. The zero-order valence-corrected chi connectivity index (χ0v) is 9.72. The molecule has 0 radical (unpaired) electrons. The molecule has 0 spiro atoms. The number of nitrogens with zero attached hydrogens (tertiary/aromatic N) is 1. The van der Waals surface area contributed by atoms with Crippen molar-refractivity contribution < 1.29 is 22.7 Å². The van der Waals surface area contributed by atoms with E-state index in [0.29, 0.717) is 19.6 Å². The van der Waals surface area contributed by atoms with Gasteiger partial charge in [0.05, 0.1) is 0 Å². The lowest BCUT2D eigenvalue weighted by molar-refractivity contribution is -0.214. The summed E-state index contributed by atoms with van der Waals surface area (Å²) in [5.41, 5.74) is 0. The minimum absolute atomic E-state index is 0.384. The van der Waals surface area contributed by atoms with Gasteiger partial charge in [-0.05, 0) is 19.9 Å². The third-order valence-electron chi connectivity index (χ3n) is 2.61. The fourth-order valence-corrected chi connectivity index (χ4v) is 1.48. The molecular formula is C10H17F3N2O2. The summed E-state index contributed by atoms with van der Waals surface area (Å²) in [5, 5.41) is 3.11. The molecule has 0 saturated carbocycles. The molecule has 0 aliphatic carbocycles. The summed E-state index contributed by atoms with van der Waals surface area (Å²) in [4.78, 5) is 13.1. The summed E-state index contributed by atoms with van der Waals surface area (Å²) in [6.07, 6.45) is -5.52. The molecule has 1 amide bonds. The van der Waals surface area contributed by atoms with Crippen LogP contribution in [0.2, 0.25) is 0 Å². The summed E-state index contributed by atoms with van der Waals surface area (Å²) in [5.74, 6) is -0.384. The first-order chi connectivity index (χ1) is 7.91. The lowest BCUT2D eigenvalue weighted by atomic mass is 10.3. The van der Waals surface area contributed by atoms with E-state index in [1.165, 1.54) is 4.90 Å². The molecule has 1 saturated heterocycles. The Bertz CT molecular complexity index is 250. The molecule has 4 nitrogen and oxygen atoms in total. The Kier molecular flexibility index (Phi) is 5.20. The SMILES string of the molecule is CC(OCC(=O)N1CCCNCC1)C(F)(F)F. The predicted octanol–water partition coefficient (Wildman–Crippen LogP) is 0.776. The van der Waals surface area contributed by atoms with Crippen LogP contribution in [0, 0.1) is 0 Å². The van der Waals surface area contributed by atoms with Gasteiger partial charge in [-0.2, -0.15) is 13.2 Å². The van der Waals surface area contributed by atoms with E-state index >= 15 is 0 Å². The monoisotopic (exact) mass is 254 g/mol. The van der Waals surface area contributed by atoms with Gasteiger partial charge in [0.25, 0.3) is 0 Å². The normalized spacial score (nSPS) is 19.9. The van der Waals surface area contributed by atoms with E-state index < -0.39 is 18.9 Å². The van der Waals surface area contributed by atoms with Crippen LogP contribution in [0.4, 0.5) is 13.2 Å². The van der Waals surface area contributed by atoms with Crippen molar-refractivity contribution in [3.05, 3.63) is 0 Å². The number of carbonyl (C=O) groups excluding carboxylic acids is 1. The Labute approximate surface area is 98.1 Å². The Morgan fingerprint density at radius 3 is 2.76 bits per heavy atom. The van der Waals surface area contributed by atoms with Crippen LogP contribution in [0.25, 0.3) is 0 Å². The molecular weight excluding hydrogens is 237 g/mol. The molecule has 1 N–H and O–H groups in total. The second-order valence-corrected chi connectivity index (χ2v) is 3.98. The molecule has 1 atom stereocenters. The van der Waals surface area contributed by atoms with Gasteiger partial charge in [-0.25, -0.2) is 0 Å². The van der Waals surface area contributed by atoms with Crippen molar-refractivity contribution in [1.29, 1.82) is 0 Å². The number of halogens is 3. The van der Waals surface area contributed by atoms with Gasteiger partial charge in [0.15, 0.2) is 6.10 Å². The van der Waals surface area contributed by atoms with Crippen LogP contribution in [0.15, 0.2) is 0 Å². The van der Waals surface area contributed by atoms with Crippen molar-refractivity contribution in [1.82, 2.24) is 10.2 Å². The largest absolute Gasteiger partial charge is 0.414 e. The highest BCUT2D eigenvalue weighted by atomic mass is 19.4. The zero-order valence-electron chi connectivity index (χ0n) is 9.72. The molecule has 1 aliphatic rings. The molecule has 1 rings (SSSR count). The standard InChI is InChI=1S/C10H17F3N2O2/c1-8(10(11,12)13)17-7-9(16)15-5-2-3-14-4-6-15/h8,14H,2-7H2,1H3. The average molecular weight is 254 g/mol. The highest BCUT2D eigenvalue weighted by molar-refractivity contribution is 5.77. The van der Waals surface area contributed by atoms with E-state index in [9.17, 15) is 18.0 Å². The van der Waals surface area contributed by atoms with Crippen molar-refractivity contribution in [3.63, 3.8) is 0 Å². The third-order valence-corrected chi connectivity index (χ3v) is 2.61. The molecule has 1 fully saturated rings. The van der Waals surface area contributed by atoms with Crippen LogP contribution in [0.5, 0.6) is 0 Å². The topological polar surface area (TPSA) is 41.6 Å². The lowest BCUT2D eigenvalue weighted by Gasteiger charge is -2.22. The summed E-state index contributed by atoms with van der Waals surface area (Å²) < 4.78 is 41.0. The van der Waals surface area contributed by atoms with Crippen molar-refractivity contribution in [3.8, 4) is 0 Å². The van der Waals surface area contributed by atoms with Crippen LogP contribution in [0.3, 0.4) is 0 Å². The zero-order chi connectivity index (χ0) is 12.9. The fraction of sp³-hybridized carbons (Fsp3) is 0.900. The summed E-state index contributed by atoms with van der Waals surface area (Å²) >= 11 is 0. The minimum atomic E-state index is -4.42. The van der Waals surface area contributed by atoms with Crippen molar-refractivity contribution in [2.45, 2.75) is 25.6 Å². The molecule has 0 bridgehead atoms. The quantitative estimate of drug-likeness (QED) is 0.809. The number of rotatable bonds is 3. The Morgan fingerprint density at radius 1 is 1.41 bits per heavy atom. The predicted molar refractivity (Wildman–Crippen MR) is 55.5 cm³/mol. The van der Waals surface area contributed by atoms with Gasteiger partial charge >= 0.3 is 6.18 Å². The molecule has 1 heterocycles. The second-order valence-electron chi connectivity index (χ2n) is 3.98. The Hall–Kier alpha value is -0.820. The van der Waals surface area contributed by atoms with E-state index in [0.717, 1.165) is 19.9 Å². The summed E-state index contributed by atoms with van der Waals surface area (Å²) in [6, 6.07) is 0. The molecule has 0 aromatic rings. The number of ether oxygens (including phenoxy) is 1. The Balaban J connectivity index is 2.33. The molecule has 7 heteroatoms. The van der Waals surface area contributed by atoms with Crippen LogP contribution >= 0.6 is 0 Å². The number of amides is 1. The number of hydrogen-bond acceptors (Lipinski definition) is 3. The smallest absolute Gasteiger partial charge is 0.359 e. The van der Waals surface area contributed by atoms with Crippen LogP contribution in [-0.4, -0.2) is 55.9 Å². The third kappa shape index (κ3) is 4.91. The first-order valence-corrected chi connectivity index (χ1v) is 5.58. The first kappa shape index (κ1) is 14.2. The minimum Gasteiger partial charge on any atom is -0.359 e. The molecule has 1 aliphatic heterocycles. The number of alkyl halides is 3. The maximum atomic E-state index is 12.1. The van der Waals surface area contributed by atoms with Crippen molar-refractivity contribution in [2.24, 2.45) is 0 Å². The molecule has 100 valence electrons. The van der Waals surface area contributed by atoms with Gasteiger partial charge in [-0.15, -0.1) is 0 Å². The number of hydrogen-bond donors (Lipinski definition) is 1. The maximum Gasteiger partial charge on any atom is 0.414 e. The molecule has 0 aromatic heterocycles. The number of nitrogens with one attached hydrogen (secondary N) is 1. The van der Waals surface area contributed by atoms with Crippen LogP contribution in [-0.2, 0) is 9.53 Å². The maximum absolute atomic E-state index is 12.1. The van der Waals surface area contributed by atoms with E-state index in [4.69, 9.17) is 0 Å². The van der Waals surface area contributed by atoms with Gasteiger partial charge in [-0.3, -0.25) is 4.79 Å². The van der Waals surface area contributed by atoms with E-state index in [2.05, 4.69) is 10.1 Å². The number of carbonyl (C=O) groups is 1. The second kappa shape index (κ2) is 6.20. The summed E-state index contributed by atoms with van der Waals surface area (Å²) in [7, 11) is 0. The van der Waals surface area contributed by atoms with Gasteiger partial charge in [0.1, 0.15) is 6.61 Å². The fourth-order valence-electron chi connectivity index (χ4n) is 1.48. The van der Waals surface area contributed by atoms with Crippen molar-refractivity contribution >= 4 is 5.91 Å². The van der Waals surface area contributed by atoms with Gasteiger partial charge in [0.2, 0.25) is 5.91 Å². The van der Waals surface area contributed by atoms with Gasteiger partial charge in [-0.1, -0.05) is 0 Å². The molecule has 1 unspecified atom stereocenters. The molecule has 17 heavy (non-hydrogen) atoms. The van der Waals surface area contributed by atoms with Crippen LogP contribution in [0.1, 0.15) is 13.3 Å². The van der Waals surface area contributed by atoms with E-state index in [1.807, 2.05) is 0 Å².